The van der Waals surface area contributed by atoms with Crippen LogP contribution < -0.4 is 4.74 Å². The van der Waals surface area contributed by atoms with Crippen LogP contribution in [0.2, 0.25) is 0 Å². The number of rotatable bonds is 4. The lowest BCUT2D eigenvalue weighted by Gasteiger charge is -2.30. The molecule has 1 aliphatic carbocycles. The largest absolute Gasteiger partial charge is 0.484 e. The lowest BCUT2D eigenvalue weighted by Crippen LogP contribution is -2.39. The van der Waals surface area contributed by atoms with E-state index in [1.807, 2.05) is 4.90 Å². The molecule has 3 atom stereocenters. The molecular weight excluding hydrogens is 388 g/mol. The zero-order valence-electron chi connectivity index (χ0n) is 15.3. The molecule has 5 nitrogen and oxygen atoms in total. The van der Waals surface area contributed by atoms with E-state index < -0.39 is 33.7 Å². The normalized spacial score (nSPS) is 25.1. The molecular formula is C20H21F2NO4S. The Hall–Kier alpha value is -2.03. The molecule has 1 heterocycles. The van der Waals surface area contributed by atoms with Gasteiger partial charge in [0.2, 0.25) is 0 Å². The second kappa shape index (κ2) is 7.09. The molecule has 150 valence electrons. The molecule has 2 aromatic carbocycles. The number of ether oxygens (including phenoxy) is 1. The number of benzene rings is 2. The van der Waals surface area contributed by atoms with Crippen LogP contribution in [0.3, 0.4) is 0 Å². The van der Waals surface area contributed by atoms with Gasteiger partial charge < -0.3 is 9.84 Å². The average molecular weight is 409 g/mol. The van der Waals surface area contributed by atoms with Crippen molar-refractivity contribution < 1.29 is 27.0 Å². The van der Waals surface area contributed by atoms with Gasteiger partial charge in [0.1, 0.15) is 23.5 Å². The topological polar surface area (TPSA) is 66.8 Å². The van der Waals surface area contributed by atoms with Gasteiger partial charge in [0.15, 0.2) is 9.84 Å². The molecule has 0 saturated carbocycles. The molecule has 28 heavy (non-hydrogen) atoms. The highest BCUT2D eigenvalue weighted by atomic mass is 32.2. The molecule has 1 saturated heterocycles. The van der Waals surface area contributed by atoms with Crippen LogP contribution in [0.5, 0.6) is 5.75 Å². The first kappa shape index (κ1) is 19.3. The molecule has 0 bridgehead atoms. The van der Waals surface area contributed by atoms with Crippen LogP contribution in [-0.2, 0) is 16.3 Å². The Morgan fingerprint density at radius 3 is 2.50 bits per heavy atom. The van der Waals surface area contributed by atoms with Crippen LogP contribution in [0.25, 0.3) is 0 Å². The third-order valence-corrected chi connectivity index (χ3v) is 6.57. The summed E-state index contributed by atoms with van der Waals surface area (Å²) in [5.41, 5.74) is 0.877. The summed E-state index contributed by atoms with van der Waals surface area (Å²) in [6.07, 6.45) is 1.05. The molecule has 0 radical (unpaired) electrons. The van der Waals surface area contributed by atoms with E-state index in [1.165, 1.54) is 18.2 Å². The number of β-amino-alcohol motifs (C(OH)–C–C–N with tert-alkyl or cyclic N) is 1. The SMILES string of the molecule is CS(=O)(=O)c1ccc(O[C@H]2c3cc(F)cc(F)c3C[C@@H]2N2CC[C@@H](O)C2)cc1. The monoisotopic (exact) mass is 409 g/mol. The molecule has 0 amide bonds. The Kier molecular flexibility index (Phi) is 4.89. The maximum Gasteiger partial charge on any atom is 0.175 e. The standard InChI is InChI=1S/C20H21F2NO4S/c1-28(25,26)15-4-2-14(3-5-15)27-20-17-8-12(21)9-18(22)16(17)10-19(20)23-7-6-13(24)11-23/h2-5,8-9,13,19-20,24H,6-7,10-11H2,1H3/t13-,19+,20+/m1/s1. The highest BCUT2D eigenvalue weighted by Crippen LogP contribution is 2.40. The van der Waals surface area contributed by atoms with Crippen molar-refractivity contribution in [2.24, 2.45) is 0 Å². The van der Waals surface area contributed by atoms with Crippen molar-refractivity contribution in [2.45, 2.75) is 36.0 Å². The summed E-state index contributed by atoms with van der Waals surface area (Å²) in [5, 5.41) is 9.88. The number of fused-ring (bicyclic) bond motifs is 1. The highest BCUT2D eigenvalue weighted by Gasteiger charge is 2.42. The number of hydrogen-bond acceptors (Lipinski definition) is 5. The number of nitrogens with zero attached hydrogens (tertiary/aromatic N) is 1. The molecule has 2 aliphatic rings. The summed E-state index contributed by atoms with van der Waals surface area (Å²) < 4.78 is 57.6. The van der Waals surface area contributed by atoms with Crippen LogP contribution >= 0.6 is 0 Å². The van der Waals surface area contributed by atoms with Gasteiger partial charge in [-0.2, -0.15) is 0 Å². The molecule has 1 aliphatic heterocycles. The maximum atomic E-state index is 14.4. The van der Waals surface area contributed by atoms with Crippen molar-refractivity contribution >= 4 is 9.84 Å². The highest BCUT2D eigenvalue weighted by molar-refractivity contribution is 7.90. The van der Waals surface area contributed by atoms with Crippen LogP contribution in [0, 0.1) is 11.6 Å². The van der Waals surface area contributed by atoms with E-state index in [2.05, 4.69) is 0 Å². The number of sulfone groups is 1. The molecule has 2 aromatic rings. The van der Waals surface area contributed by atoms with Gasteiger partial charge in [-0.1, -0.05) is 0 Å². The van der Waals surface area contributed by atoms with Crippen LogP contribution in [-0.4, -0.2) is 49.9 Å². The molecule has 1 N–H and O–H groups in total. The maximum absolute atomic E-state index is 14.4. The molecule has 0 spiro atoms. The number of hydrogen-bond donors (Lipinski definition) is 1. The predicted octanol–water partition coefficient (Wildman–Crippen LogP) is 2.48. The fourth-order valence-corrected chi connectivity index (χ4v) is 4.69. The number of halogens is 2. The van der Waals surface area contributed by atoms with Crippen LogP contribution in [0.1, 0.15) is 23.7 Å². The Labute approximate surface area is 162 Å². The van der Waals surface area contributed by atoms with E-state index in [0.717, 1.165) is 12.3 Å². The lowest BCUT2D eigenvalue weighted by atomic mass is 10.1. The van der Waals surface area contributed by atoms with E-state index in [4.69, 9.17) is 4.74 Å². The van der Waals surface area contributed by atoms with Crippen molar-refractivity contribution in [3.05, 3.63) is 59.2 Å². The molecule has 0 unspecified atom stereocenters. The fourth-order valence-electron chi connectivity index (χ4n) is 4.06. The van der Waals surface area contributed by atoms with E-state index in [0.29, 0.717) is 42.8 Å². The van der Waals surface area contributed by atoms with Crippen molar-refractivity contribution in [1.29, 1.82) is 0 Å². The predicted molar refractivity (Wildman–Crippen MR) is 99.0 cm³/mol. The third kappa shape index (κ3) is 3.64. The minimum Gasteiger partial charge on any atom is -0.484 e. The zero-order chi connectivity index (χ0) is 20.1. The van der Waals surface area contributed by atoms with E-state index in [9.17, 15) is 22.3 Å². The third-order valence-electron chi connectivity index (χ3n) is 5.44. The van der Waals surface area contributed by atoms with Gasteiger partial charge in [-0.25, -0.2) is 17.2 Å². The van der Waals surface area contributed by atoms with Gasteiger partial charge in [-0.3, -0.25) is 4.90 Å². The minimum atomic E-state index is -3.33. The van der Waals surface area contributed by atoms with Gasteiger partial charge in [0, 0.05) is 31.0 Å². The summed E-state index contributed by atoms with van der Waals surface area (Å²) >= 11 is 0. The molecule has 8 heteroatoms. The van der Waals surface area contributed by atoms with Crippen molar-refractivity contribution in [1.82, 2.24) is 4.90 Å². The number of aliphatic hydroxyl groups is 1. The quantitative estimate of drug-likeness (QED) is 0.841. The second-order valence-electron chi connectivity index (χ2n) is 7.45. The molecule has 0 aromatic heterocycles. The summed E-state index contributed by atoms with van der Waals surface area (Å²) in [5.74, 6) is -0.850. The smallest absolute Gasteiger partial charge is 0.175 e. The van der Waals surface area contributed by atoms with Crippen LogP contribution in [0.15, 0.2) is 41.3 Å². The van der Waals surface area contributed by atoms with Crippen LogP contribution in [0.4, 0.5) is 8.78 Å². The number of aliphatic hydroxyl groups excluding tert-OH is 1. The first-order chi connectivity index (χ1) is 13.2. The second-order valence-corrected chi connectivity index (χ2v) is 9.46. The zero-order valence-corrected chi connectivity index (χ0v) is 16.1. The Bertz CT molecular complexity index is 994. The van der Waals surface area contributed by atoms with Gasteiger partial charge in [0.25, 0.3) is 0 Å². The Morgan fingerprint density at radius 2 is 1.89 bits per heavy atom. The lowest BCUT2D eigenvalue weighted by molar-refractivity contribution is 0.0816. The van der Waals surface area contributed by atoms with E-state index in [1.54, 1.807) is 12.1 Å². The minimum absolute atomic E-state index is 0.169. The van der Waals surface area contributed by atoms with Crippen molar-refractivity contribution in [3.8, 4) is 5.75 Å². The number of likely N-dealkylation sites (tertiary alicyclic amines) is 1. The van der Waals surface area contributed by atoms with E-state index >= 15 is 0 Å². The first-order valence-electron chi connectivity index (χ1n) is 9.09. The van der Waals surface area contributed by atoms with Gasteiger partial charge in [-0.15, -0.1) is 0 Å². The van der Waals surface area contributed by atoms with E-state index in [-0.39, 0.29) is 10.9 Å². The van der Waals surface area contributed by atoms with Crippen molar-refractivity contribution in [3.63, 3.8) is 0 Å². The first-order valence-corrected chi connectivity index (χ1v) is 11.0. The molecule has 4 rings (SSSR count). The molecule has 1 fully saturated rings. The Morgan fingerprint density at radius 1 is 1.18 bits per heavy atom. The summed E-state index contributed by atoms with van der Waals surface area (Å²) in [6, 6.07) is 7.90. The summed E-state index contributed by atoms with van der Waals surface area (Å²) in [4.78, 5) is 2.21. The summed E-state index contributed by atoms with van der Waals surface area (Å²) in [7, 11) is -3.33. The van der Waals surface area contributed by atoms with Crippen molar-refractivity contribution in [2.75, 3.05) is 19.3 Å². The van der Waals surface area contributed by atoms with Gasteiger partial charge in [-0.05, 0) is 48.7 Å². The Balaban J connectivity index is 1.67. The average Bonchev–Trinajstić information content (AvgIpc) is 3.19. The fraction of sp³-hybridized carbons (Fsp3) is 0.400. The van der Waals surface area contributed by atoms with Gasteiger partial charge in [0.05, 0.1) is 17.0 Å². The summed E-state index contributed by atoms with van der Waals surface area (Å²) in [6.45, 7) is 1.10. The van der Waals surface area contributed by atoms with Gasteiger partial charge >= 0.3 is 0 Å².